The molecule has 0 fully saturated rings. The van der Waals surface area contributed by atoms with E-state index in [2.05, 4.69) is 14.1 Å². The summed E-state index contributed by atoms with van der Waals surface area (Å²) < 4.78 is 19.5. The zero-order valence-corrected chi connectivity index (χ0v) is 8.25. The average Bonchev–Trinajstić information content (AvgIpc) is 2.01. The number of hydrogen-bond donors (Lipinski definition) is 1. The summed E-state index contributed by atoms with van der Waals surface area (Å²) >= 11 is 0. The van der Waals surface area contributed by atoms with Gasteiger partial charge in [0, 0.05) is 0 Å². The molecule has 0 saturated carbocycles. The molecule has 0 rings (SSSR count). The molecule has 0 heterocycles. The van der Waals surface area contributed by atoms with Gasteiger partial charge >= 0.3 is 7.82 Å². The van der Waals surface area contributed by atoms with Gasteiger partial charge in [-0.1, -0.05) is 13.3 Å². The van der Waals surface area contributed by atoms with Crippen LogP contribution in [0.1, 0.15) is 26.7 Å². The first-order valence-corrected chi connectivity index (χ1v) is 5.40. The van der Waals surface area contributed by atoms with Crippen molar-refractivity contribution in [2.24, 2.45) is 0 Å². The second-order valence-corrected chi connectivity index (χ2v) is 3.48. The lowest BCUT2D eigenvalue weighted by molar-refractivity contribution is -0.220. The van der Waals surface area contributed by atoms with Gasteiger partial charge in [-0.05, 0) is 13.3 Å². The van der Waals surface area contributed by atoms with Crippen LogP contribution in [0.2, 0.25) is 0 Å². The molecule has 0 aromatic rings. The molecule has 1 unspecified atom stereocenters. The van der Waals surface area contributed by atoms with E-state index in [1.54, 1.807) is 6.92 Å². The van der Waals surface area contributed by atoms with Crippen molar-refractivity contribution in [3.63, 3.8) is 0 Å². The van der Waals surface area contributed by atoms with E-state index in [1.807, 2.05) is 6.92 Å². The Kier molecular flexibility index (Phi) is 6.61. The Hall–Kier alpha value is 0.0700. The Morgan fingerprint density at radius 3 is 2.58 bits per heavy atom. The summed E-state index contributed by atoms with van der Waals surface area (Å²) in [5, 5.41) is 0. The Morgan fingerprint density at radius 1 is 1.42 bits per heavy atom. The highest BCUT2D eigenvalue weighted by molar-refractivity contribution is 7.47. The van der Waals surface area contributed by atoms with Gasteiger partial charge in [0.25, 0.3) is 0 Å². The van der Waals surface area contributed by atoms with E-state index in [4.69, 9.17) is 4.89 Å². The summed E-state index contributed by atoms with van der Waals surface area (Å²) in [6, 6.07) is 0. The van der Waals surface area contributed by atoms with Gasteiger partial charge in [-0.15, -0.1) is 4.67 Å². The van der Waals surface area contributed by atoms with E-state index in [9.17, 15) is 4.57 Å². The second kappa shape index (κ2) is 6.57. The maximum absolute atomic E-state index is 10.8. The Bertz CT molecular complexity index is 149. The number of phosphoric ester groups is 1. The van der Waals surface area contributed by atoms with Crippen molar-refractivity contribution in [3.05, 3.63) is 0 Å². The van der Waals surface area contributed by atoms with Crippen LogP contribution in [-0.2, 0) is 18.7 Å². The Morgan fingerprint density at radius 2 is 2.08 bits per heavy atom. The summed E-state index contributed by atoms with van der Waals surface area (Å²) in [6.45, 7) is 4.01. The predicted octanol–water partition coefficient (Wildman–Crippen LogP) is 1.87. The molecule has 0 bridgehead atoms. The van der Waals surface area contributed by atoms with E-state index in [0.717, 1.165) is 12.8 Å². The van der Waals surface area contributed by atoms with Crippen molar-refractivity contribution in [1.82, 2.24) is 0 Å². The molecule has 12 heavy (non-hydrogen) atoms. The molecule has 5 nitrogen and oxygen atoms in total. The van der Waals surface area contributed by atoms with E-state index < -0.39 is 7.82 Å². The lowest BCUT2D eigenvalue weighted by Crippen LogP contribution is -1.97. The normalized spacial score (nSPS) is 15.9. The summed E-state index contributed by atoms with van der Waals surface area (Å²) in [5.41, 5.74) is 0. The maximum Gasteiger partial charge on any atom is 0.499 e. The number of phosphoric acid groups is 1. The summed E-state index contributed by atoms with van der Waals surface area (Å²) in [4.78, 5) is 13.1. The van der Waals surface area contributed by atoms with Crippen LogP contribution >= 0.6 is 7.82 Å². The van der Waals surface area contributed by atoms with E-state index in [0.29, 0.717) is 0 Å². The van der Waals surface area contributed by atoms with E-state index >= 15 is 0 Å². The average molecular weight is 198 g/mol. The van der Waals surface area contributed by atoms with Crippen molar-refractivity contribution < 1.29 is 23.5 Å². The molecule has 0 aliphatic heterocycles. The molecule has 0 radical (unpaired) electrons. The molecule has 1 N–H and O–H groups in total. The molecular weight excluding hydrogens is 183 g/mol. The van der Waals surface area contributed by atoms with Gasteiger partial charge in [-0.25, -0.2) is 9.45 Å². The van der Waals surface area contributed by atoms with Gasteiger partial charge in [0.2, 0.25) is 0 Å². The first kappa shape index (κ1) is 12.1. The van der Waals surface area contributed by atoms with Crippen LogP contribution in [-0.4, -0.2) is 18.1 Å². The van der Waals surface area contributed by atoms with Crippen LogP contribution in [0.25, 0.3) is 0 Å². The highest BCUT2D eigenvalue weighted by atomic mass is 31.2. The van der Waals surface area contributed by atoms with Crippen molar-refractivity contribution >= 4 is 7.82 Å². The smallest absolute Gasteiger partial charge is 0.301 e. The summed E-state index contributed by atoms with van der Waals surface area (Å²) in [7, 11) is -3.96. The van der Waals surface area contributed by atoms with Crippen LogP contribution in [0.5, 0.6) is 0 Å². The fourth-order valence-corrected chi connectivity index (χ4v) is 1.11. The molecule has 6 heteroatoms. The SMILES string of the molecule is CCCCOP(=O)(O)OOCC. The van der Waals surface area contributed by atoms with E-state index in [-0.39, 0.29) is 13.2 Å². The minimum absolute atomic E-state index is 0.206. The molecule has 74 valence electrons. The fraction of sp³-hybridized carbons (Fsp3) is 1.00. The van der Waals surface area contributed by atoms with Gasteiger partial charge in [0.05, 0.1) is 13.2 Å². The van der Waals surface area contributed by atoms with Gasteiger partial charge in [0.1, 0.15) is 0 Å². The molecule has 0 aliphatic carbocycles. The Labute approximate surface area is 72.2 Å². The zero-order valence-electron chi connectivity index (χ0n) is 7.36. The van der Waals surface area contributed by atoms with Crippen LogP contribution < -0.4 is 0 Å². The van der Waals surface area contributed by atoms with Gasteiger partial charge in [0.15, 0.2) is 0 Å². The van der Waals surface area contributed by atoms with E-state index in [1.165, 1.54) is 0 Å². The molecule has 0 spiro atoms. The highest BCUT2D eigenvalue weighted by Gasteiger charge is 2.21. The van der Waals surface area contributed by atoms with Gasteiger partial charge in [-0.3, -0.25) is 4.52 Å². The first-order valence-electron chi connectivity index (χ1n) is 3.91. The predicted molar refractivity (Wildman–Crippen MR) is 43.4 cm³/mol. The number of hydrogen-bond acceptors (Lipinski definition) is 4. The molecule has 0 aromatic heterocycles. The topological polar surface area (TPSA) is 65.0 Å². The van der Waals surface area contributed by atoms with Crippen molar-refractivity contribution in [2.75, 3.05) is 13.2 Å². The van der Waals surface area contributed by atoms with Crippen molar-refractivity contribution in [3.8, 4) is 0 Å². The molecule has 0 saturated heterocycles. The number of rotatable bonds is 7. The van der Waals surface area contributed by atoms with Crippen LogP contribution in [0.3, 0.4) is 0 Å². The Balaban J connectivity index is 3.49. The maximum atomic E-state index is 10.8. The van der Waals surface area contributed by atoms with Crippen LogP contribution in [0, 0.1) is 0 Å². The number of unbranched alkanes of at least 4 members (excludes halogenated alkanes) is 1. The quantitative estimate of drug-likeness (QED) is 0.293. The third-order valence-electron chi connectivity index (χ3n) is 1.02. The molecule has 0 aromatic carbocycles. The fourth-order valence-electron chi connectivity index (χ4n) is 0.465. The largest absolute Gasteiger partial charge is 0.499 e. The molecule has 1 atom stereocenters. The standard InChI is InChI=1S/C6H15O5P/c1-3-5-6-10-12(7,8)11-9-4-2/h3-6H2,1-2H3,(H,7,8). The van der Waals surface area contributed by atoms with Crippen molar-refractivity contribution in [2.45, 2.75) is 26.7 Å². The third kappa shape index (κ3) is 6.76. The second-order valence-electron chi connectivity index (χ2n) is 2.14. The van der Waals surface area contributed by atoms with Crippen molar-refractivity contribution in [1.29, 1.82) is 0 Å². The van der Waals surface area contributed by atoms with Gasteiger partial charge in [-0.2, -0.15) is 0 Å². The van der Waals surface area contributed by atoms with Crippen LogP contribution in [0.15, 0.2) is 0 Å². The monoisotopic (exact) mass is 198 g/mol. The van der Waals surface area contributed by atoms with Gasteiger partial charge < -0.3 is 4.89 Å². The third-order valence-corrected chi connectivity index (χ3v) is 1.82. The molecular formula is C6H15O5P. The summed E-state index contributed by atoms with van der Waals surface area (Å²) in [6.07, 6.45) is 1.62. The minimum Gasteiger partial charge on any atom is -0.301 e. The highest BCUT2D eigenvalue weighted by Crippen LogP contribution is 2.43. The zero-order chi connectivity index (χ0) is 9.45. The molecule has 0 amide bonds. The summed E-state index contributed by atoms with van der Waals surface area (Å²) in [5.74, 6) is 0. The minimum atomic E-state index is -3.96. The first-order chi connectivity index (χ1) is 5.62. The van der Waals surface area contributed by atoms with Crippen LogP contribution in [0.4, 0.5) is 0 Å². The molecule has 0 aliphatic rings. The lowest BCUT2D eigenvalue weighted by atomic mass is 10.4. The lowest BCUT2D eigenvalue weighted by Gasteiger charge is -2.09.